The molecule has 1 aromatic heterocycles. The summed E-state index contributed by atoms with van der Waals surface area (Å²) < 4.78 is 6.93. The molecule has 108 valence electrons. The minimum Gasteiger partial charge on any atom is -0.383 e. The van der Waals surface area contributed by atoms with Gasteiger partial charge in [0.15, 0.2) is 5.82 Å². The van der Waals surface area contributed by atoms with E-state index in [0.29, 0.717) is 19.7 Å². The summed E-state index contributed by atoms with van der Waals surface area (Å²) in [5.41, 5.74) is 0. The van der Waals surface area contributed by atoms with Gasteiger partial charge in [0, 0.05) is 20.7 Å². The standard InChI is InChI=1S/C12H23N5O2/c1-10(15(2)3)12(18)16(4)8-11-14-13-9-17(11)6-7-19-5/h9-10H,6-8H2,1-5H3/t10-/m0/s1. The van der Waals surface area contributed by atoms with Crippen LogP contribution in [-0.4, -0.2) is 71.4 Å². The van der Waals surface area contributed by atoms with Crippen molar-refractivity contribution in [3.05, 3.63) is 12.2 Å². The minimum absolute atomic E-state index is 0.0614. The lowest BCUT2D eigenvalue weighted by molar-refractivity contribution is -0.134. The van der Waals surface area contributed by atoms with Crippen LogP contribution >= 0.6 is 0 Å². The van der Waals surface area contributed by atoms with Gasteiger partial charge in [-0.3, -0.25) is 9.69 Å². The molecule has 0 saturated carbocycles. The molecule has 0 spiro atoms. The van der Waals surface area contributed by atoms with Crippen molar-refractivity contribution < 1.29 is 9.53 Å². The van der Waals surface area contributed by atoms with E-state index in [2.05, 4.69) is 10.2 Å². The Labute approximate surface area is 114 Å². The maximum atomic E-state index is 12.1. The monoisotopic (exact) mass is 269 g/mol. The summed E-state index contributed by atoms with van der Waals surface area (Å²) in [5.74, 6) is 0.824. The fraction of sp³-hybridized carbons (Fsp3) is 0.750. The topological polar surface area (TPSA) is 63.5 Å². The van der Waals surface area contributed by atoms with Gasteiger partial charge in [0.25, 0.3) is 0 Å². The van der Waals surface area contributed by atoms with E-state index in [4.69, 9.17) is 4.74 Å². The molecular formula is C12H23N5O2. The highest BCUT2D eigenvalue weighted by Crippen LogP contribution is 2.04. The van der Waals surface area contributed by atoms with Gasteiger partial charge in [-0.1, -0.05) is 0 Å². The van der Waals surface area contributed by atoms with Crippen LogP contribution in [0.5, 0.6) is 0 Å². The summed E-state index contributed by atoms with van der Waals surface area (Å²) in [6.07, 6.45) is 1.65. The molecule has 1 rings (SSSR count). The molecule has 0 aliphatic carbocycles. The third kappa shape index (κ3) is 4.29. The second-order valence-corrected chi connectivity index (χ2v) is 4.77. The van der Waals surface area contributed by atoms with Gasteiger partial charge < -0.3 is 14.2 Å². The molecule has 0 aliphatic heterocycles. The maximum absolute atomic E-state index is 12.1. The zero-order chi connectivity index (χ0) is 14.4. The van der Waals surface area contributed by atoms with Gasteiger partial charge in [0.2, 0.25) is 5.91 Å². The van der Waals surface area contributed by atoms with Gasteiger partial charge in [0.05, 0.1) is 19.2 Å². The van der Waals surface area contributed by atoms with Gasteiger partial charge in [-0.25, -0.2) is 0 Å². The summed E-state index contributed by atoms with van der Waals surface area (Å²) in [4.78, 5) is 15.7. The quantitative estimate of drug-likeness (QED) is 0.688. The number of rotatable bonds is 7. The number of likely N-dealkylation sites (N-methyl/N-ethyl adjacent to an activating group) is 2. The lowest BCUT2D eigenvalue weighted by atomic mass is 10.2. The molecule has 0 unspecified atom stereocenters. The molecule has 1 amide bonds. The normalized spacial score (nSPS) is 12.7. The van der Waals surface area contributed by atoms with Gasteiger partial charge >= 0.3 is 0 Å². The van der Waals surface area contributed by atoms with Crippen LogP contribution in [0.3, 0.4) is 0 Å². The van der Waals surface area contributed by atoms with Gasteiger partial charge in [-0.05, 0) is 21.0 Å². The van der Waals surface area contributed by atoms with Crippen LogP contribution in [0.4, 0.5) is 0 Å². The molecule has 0 N–H and O–H groups in total. The highest BCUT2D eigenvalue weighted by Gasteiger charge is 2.20. The van der Waals surface area contributed by atoms with E-state index < -0.39 is 0 Å². The van der Waals surface area contributed by atoms with E-state index in [0.717, 1.165) is 5.82 Å². The second kappa shape index (κ2) is 7.20. The first kappa shape index (κ1) is 15.6. The Morgan fingerprint density at radius 3 is 2.74 bits per heavy atom. The molecule has 0 saturated heterocycles. The molecule has 7 heteroatoms. The average Bonchev–Trinajstić information content (AvgIpc) is 2.81. The predicted octanol–water partition coefficient (Wildman–Crippen LogP) is -0.167. The Morgan fingerprint density at radius 2 is 2.16 bits per heavy atom. The lowest BCUT2D eigenvalue weighted by Gasteiger charge is -2.25. The number of carbonyl (C=O) groups is 1. The van der Waals surface area contributed by atoms with Crippen molar-refractivity contribution in [3.63, 3.8) is 0 Å². The number of nitrogens with zero attached hydrogens (tertiary/aromatic N) is 5. The zero-order valence-corrected chi connectivity index (χ0v) is 12.3. The first-order valence-electron chi connectivity index (χ1n) is 6.24. The molecular weight excluding hydrogens is 246 g/mol. The zero-order valence-electron chi connectivity index (χ0n) is 12.3. The van der Waals surface area contributed by atoms with E-state index in [-0.39, 0.29) is 11.9 Å². The number of hydrogen-bond donors (Lipinski definition) is 0. The fourth-order valence-electron chi connectivity index (χ4n) is 1.61. The van der Waals surface area contributed by atoms with Crippen molar-refractivity contribution in [1.82, 2.24) is 24.6 Å². The van der Waals surface area contributed by atoms with Crippen LogP contribution in [0.1, 0.15) is 12.7 Å². The molecule has 19 heavy (non-hydrogen) atoms. The van der Waals surface area contributed by atoms with E-state index in [1.165, 1.54) is 0 Å². The lowest BCUT2D eigenvalue weighted by Crippen LogP contribution is -2.42. The summed E-state index contributed by atoms with van der Waals surface area (Å²) in [6, 6.07) is -0.152. The molecule has 0 fully saturated rings. The van der Waals surface area contributed by atoms with Crippen molar-refractivity contribution in [1.29, 1.82) is 0 Å². The molecule has 7 nitrogen and oxygen atoms in total. The second-order valence-electron chi connectivity index (χ2n) is 4.77. The molecule has 0 radical (unpaired) electrons. The molecule has 0 bridgehead atoms. The largest absolute Gasteiger partial charge is 0.383 e. The number of carbonyl (C=O) groups excluding carboxylic acids is 1. The van der Waals surface area contributed by atoms with Crippen LogP contribution in [0.15, 0.2) is 6.33 Å². The van der Waals surface area contributed by atoms with Crippen molar-refractivity contribution in [2.75, 3.05) is 34.9 Å². The van der Waals surface area contributed by atoms with Crippen molar-refractivity contribution in [2.24, 2.45) is 0 Å². The SMILES string of the molecule is COCCn1cnnc1CN(C)C(=O)[C@H](C)N(C)C. The van der Waals surface area contributed by atoms with Gasteiger partial charge in [0.1, 0.15) is 6.33 Å². The van der Waals surface area contributed by atoms with Gasteiger partial charge in [-0.15, -0.1) is 10.2 Å². The Balaban J connectivity index is 2.63. The third-order valence-electron chi connectivity index (χ3n) is 3.12. The van der Waals surface area contributed by atoms with Crippen molar-refractivity contribution in [3.8, 4) is 0 Å². The predicted molar refractivity (Wildman–Crippen MR) is 71.5 cm³/mol. The first-order valence-corrected chi connectivity index (χ1v) is 6.24. The molecule has 1 aromatic rings. The van der Waals surface area contributed by atoms with E-state index in [9.17, 15) is 4.79 Å². The van der Waals surface area contributed by atoms with Crippen molar-refractivity contribution >= 4 is 5.91 Å². The number of methoxy groups -OCH3 is 1. The summed E-state index contributed by atoms with van der Waals surface area (Å²) in [6.45, 7) is 3.61. The molecule has 0 aromatic carbocycles. The highest BCUT2D eigenvalue weighted by molar-refractivity contribution is 5.81. The highest BCUT2D eigenvalue weighted by atomic mass is 16.5. The molecule has 1 atom stereocenters. The Morgan fingerprint density at radius 1 is 1.47 bits per heavy atom. The first-order chi connectivity index (χ1) is 8.97. The minimum atomic E-state index is -0.152. The van der Waals surface area contributed by atoms with Crippen LogP contribution in [-0.2, 0) is 22.6 Å². The van der Waals surface area contributed by atoms with E-state index >= 15 is 0 Å². The number of amides is 1. The van der Waals surface area contributed by atoms with Crippen LogP contribution < -0.4 is 0 Å². The number of aromatic nitrogens is 3. The van der Waals surface area contributed by atoms with Crippen LogP contribution in [0, 0.1) is 0 Å². The summed E-state index contributed by atoms with van der Waals surface area (Å²) in [7, 11) is 7.20. The summed E-state index contributed by atoms with van der Waals surface area (Å²) in [5, 5.41) is 7.92. The number of hydrogen-bond acceptors (Lipinski definition) is 5. The Hall–Kier alpha value is -1.47. The van der Waals surface area contributed by atoms with Gasteiger partial charge in [-0.2, -0.15) is 0 Å². The van der Waals surface area contributed by atoms with E-state index in [1.54, 1.807) is 25.4 Å². The Kier molecular flexibility index (Phi) is 5.91. The molecule has 1 heterocycles. The molecule has 0 aliphatic rings. The third-order valence-corrected chi connectivity index (χ3v) is 3.12. The smallest absolute Gasteiger partial charge is 0.239 e. The van der Waals surface area contributed by atoms with E-state index in [1.807, 2.05) is 30.5 Å². The van der Waals surface area contributed by atoms with Crippen LogP contribution in [0.2, 0.25) is 0 Å². The fourth-order valence-corrected chi connectivity index (χ4v) is 1.61. The van der Waals surface area contributed by atoms with Crippen molar-refractivity contribution in [2.45, 2.75) is 26.1 Å². The van der Waals surface area contributed by atoms with Crippen LogP contribution in [0.25, 0.3) is 0 Å². The Bertz CT molecular complexity index is 405. The number of ether oxygens (including phenoxy) is 1. The maximum Gasteiger partial charge on any atom is 0.239 e. The summed E-state index contributed by atoms with van der Waals surface area (Å²) >= 11 is 0. The average molecular weight is 269 g/mol.